The number of carbonyl (C=O) groups is 2. The van der Waals surface area contributed by atoms with Gasteiger partial charge in [-0.15, -0.1) is 0 Å². The zero-order valence-electron chi connectivity index (χ0n) is 13.8. The van der Waals surface area contributed by atoms with E-state index in [0.717, 1.165) is 3.57 Å². The third-order valence-corrected chi connectivity index (χ3v) is 4.96. The number of nitrogens with one attached hydrogen (secondary N) is 1. The highest BCUT2D eigenvalue weighted by molar-refractivity contribution is 14.1. The summed E-state index contributed by atoms with van der Waals surface area (Å²) < 4.78 is 2.60. The summed E-state index contributed by atoms with van der Waals surface area (Å²) >= 11 is 11.5. The lowest BCUT2D eigenvalue weighted by Crippen LogP contribution is -2.22. The van der Waals surface area contributed by atoms with Crippen LogP contribution < -0.4 is 11.1 Å². The first-order chi connectivity index (χ1) is 12.8. The van der Waals surface area contributed by atoms with Gasteiger partial charge in [0.05, 0.1) is 16.3 Å². The molecule has 0 aliphatic rings. The Balaban J connectivity index is 2.05. The van der Waals surface area contributed by atoms with Crippen molar-refractivity contribution in [1.82, 2.24) is 14.8 Å². The van der Waals surface area contributed by atoms with Crippen LogP contribution in [0, 0.1) is 10.5 Å². The van der Waals surface area contributed by atoms with E-state index in [4.69, 9.17) is 17.3 Å². The Morgan fingerprint density at radius 3 is 2.74 bits per heavy atom. The maximum atomic E-state index is 12.9. The van der Waals surface area contributed by atoms with Gasteiger partial charge >= 0.3 is 0 Å². The van der Waals surface area contributed by atoms with Crippen molar-refractivity contribution < 1.29 is 9.59 Å². The van der Waals surface area contributed by atoms with Gasteiger partial charge < -0.3 is 11.1 Å². The van der Waals surface area contributed by atoms with Crippen molar-refractivity contribution in [3.63, 3.8) is 0 Å². The molecule has 3 N–H and O–H groups in total. The van der Waals surface area contributed by atoms with Crippen LogP contribution in [0.1, 0.15) is 26.4 Å². The van der Waals surface area contributed by atoms with Gasteiger partial charge in [0.1, 0.15) is 10.3 Å². The minimum absolute atomic E-state index is 0.191. The molecule has 10 heteroatoms. The molecule has 0 bridgehead atoms. The first-order valence-corrected chi connectivity index (χ1v) is 9.80. The highest BCUT2D eigenvalue weighted by atomic mass is 127. The number of nitrogens with zero attached hydrogens (tertiary/aromatic N) is 3. The van der Waals surface area contributed by atoms with Crippen molar-refractivity contribution in [2.75, 3.05) is 5.32 Å². The van der Waals surface area contributed by atoms with Gasteiger partial charge in [-0.1, -0.05) is 11.6 Å². The second-order valence-corrected chi connectivity index (χ2v) is 8.00. The Bertz CT molecular complexity index is 1070. The van der Waals surface area contributed by atoms with Gasteiger partial charge in [0.15, 0.2) is 5.82 Å². The fourth-order valence-electron chi connectivity index (χ4n) is 2.49. The number of primary amides is 1. The molecule has 0 radical (unpaired) electrons. The van der Waals surface area contributed by atoms with Gasteiger partial charge in [0.25, 0.3) is 11.8 Å². The molecule has 3 aromatic rings. The van der Waals surface area contributed by atoms with E-state index in [-0.39, 0.29) is 11.3 Å². The molecule has 27 heavy (non-hydrogen) atoms. The van der Waals surface area contributed by atoms with Crippen molar-refractivity contribution in [1.29, 1.82) is 0 Å². The average molecular weight is 561 g/mol. The van der Waals surface area contributed by atoms with Gasteiger partial charge in [-0.2, -0.15) is 5.10 Å². The smallest absolute Gasteiger partial charge is 0.274 e. The minimum atomic E-state index is -0.630. The summed E-state index contributed by atoms with van der Waals surface area (Å²) in [6.07, 6.45) is 1.55. The number of anilines is 1. The Morgan fingerprint density at radius 1 is 1.33 bits per heavy atom. The fourth-order valence-corrected chi connectivity index (χ4v) is 3.85. The van der Waals surface area contributed by atoms with E-state index in [2.05, 4.69) is 53.9 Å². The number of carbonyl (C=O) groups excluding carboxylic acids is 2. The molecule has 138 valence electrons. The van der Waals surface area contributed by atoms with E-state index >= 15 is 0 Å². The molecule has 0 saturated heterocycles. The van der Waals surface area contributed by atoms with Crippen molar-refractivity contribution >= 4 is 67.6 Å². The minimum Gasteiger partial charge on any atom is -0.366 e. The molecule has 0 fully saturated rings. The summed E-state index contributed by atoms with van der Waals surface area (Å²) in [5.74, 6) is -0.805. The molecule has 0 saturated carbocycles. The highest BCUT2D eigenvalue weighted by Crippen LogP contribution is 2.26. The number of nitrogens with two attached hydrogens (primary N) is 1. The number of aromatic nitrogens is 3. The largest absolute Gasteiger partial charge is 0.366 e. The van der Waals surface area contributed by atoms with Gasteiger partial charge in [-0.05, 0) is 75.3 Å². The predicted octanol–water partition coefficient (Wildman–Crippen LogP) is 3.95. The second kappa shape index (κ2) is 7.95. The molecule has 2 aromatic heterocycles. The number of halogens is 3. The summed E-state index contributed by atoms with van der Waals surface area (Å²) in [4.78, 5) is 28.9. The van der Waals surface area contributed by atoms with Crippen LogP contribution in [0.25, 0.3) is 5.82 Å². The summed E-state index contributed by atoms with van der Waals surface area (Å²) in [5, 5.41) is 7.32. The lowest BCUT2D eigenvalue weighted by Gasteiger charge is -2.14. The zero-order valence-corrected chi connectivity index (χ0v) is 18.3. The molecule has 7 nitrogen and oxygen atoms in total. The second-order valence-electron chi connectivity index (χ2n) is 5.54. The molecular formula is C17H12BrClIN5O2. The van der Waals surface area contributed by atoms with Crippen molar-refractivity contribution in [3.8, 4) is 5.82 Å². The summed E-state index contributed by atoms with van der Waals surface area (Å²) in [5.41, 5.74) is 6.95. The Morgan fingerprint density at radius 2 is 2.07 bits per heavy atom. The van der Waals surface area contributed by atoms with Crippen LogP contribution in [0.4, 0.5) is 5.69 Å². The maximum absolute atomic E-state index is 12.9. The van der Waals surface area contributed by atoms with E-state index < -0.39 is 11.8 Å². The van der Waals surface area contributed by atoms with Crippen LogP contribution in [0.3, 0.4) is 0 Å². The van der Waals surface area contributed by atoms with Crippen LogP contribution in [-0.4, -0.2) is 26.6 Å². The van der Waals surface area contributed by atoms with Crippen molar-refractivity contribution in [2.45, 2.75) is 6.92 Å². The molecule has 2 amide bonds. The maximum Gasteiger partial charge on any atom is 0.274 e. The van der Waals surface area contributed by atoms with E-state index in [9.17, 15) is 9.59 Å². The molecule has 0 unspecified atom stereocenters. The average Bonchev–Trinajstić information content (AvgIpc) is 2.99. The lowest BCUT2D eigenvalue weighted by atomic mass is 10.1. The molecular weight excluding hydrogens is 548 g/mol. The highest BCUT2D eigenvalue weighted by Gasteiger charge is 2.21. The first kappa shape index (κ1) is 19.8. The van der Waals surface area contributed by atoms with Crippen molar-refractivity contribution in [3.05, 3.63) is 66.5 Å². The van der Waals surface area contributed by atoms with Crippen LogP contribution in [0.15, 0.2) is 41.1 Å². The number of amides is 2. The molecule has 2 heterocycles. The molecule has 0 atom stereocenters. The van der Waals surface area contributed by atoms with E-state index in [0.29, 0.717) is 26.7 Å². The van der Waals surface area contributed by atoms with Gasteiger partial charge in [0.2, 0.25) is 0 Å². The number of hydrogen-bond acceptors (Lipinski definition) is 4. The normalized spacial score (nSPS) is 10.7. The van der Waals surface area contributed by atoms with Gasteiger partial charge in [0, 0.05) is 15.8 Å². The SMILES string of the molecule is Cc1cc(I)cc(C(N)=O)c1NC(=O)c1cc(Br)nn1-c1ncccc1Cl. The molecule has 1 aromatic carbocycles. The van der Waals surface area contributed by atoms with E-state index in [1.165, 1.54) is 10.7 Å². The number of pyridine rings is 1. The summed E-state index contributed by atoms with van der Waals surface area (Å²) in [6, 6.07) is 8.32. The van der Waals surface area contributed by atoms with Crippen LogP contribution >= 0.6 is 50.1 Å². The Labute approximate surface area is 181 Å². The van der Waals surface area contributed by atoms with Crippen LogP contribution in [0.2, 0.25) is 5.02 Å². The third kappa shape index (κ3) is 4.14. The van der Waals surface area contributed by atoms with Crippen LogP contribution in [-0.2, 0) is 0 Å². The first-order valence-electron chi connectivity index (χ1n) is 7.55. The Hall–Kier alpha value is -1.98. The third-order valence-electron chi connectivity index (χ3n) is 3.66. The molecule has 0 spiro atoms. The predicted molar refractivity (Wildman–Crippen MR) is 114 cm³/mol. The standard InChI is InChI=1S/C17H12BrClIN5O2/c1-8-5-9(20)6-10(15(21)26)14(8)23-17(27)12-7-13(18)24-25(12)16-11(19)3-2-4-22-16/h2-7H,1H3,(H2,21,26)(H,23,27). The molecule has 0 aliphatic heterocycles. The van der Waals surface area contributed by atoms with Crippen molar-refractivity contribution in [2.24, 2.45) is 5.73 Å². The number of hydrogen-bond donors (Lipinski definition) is 2. The zero-order chi connectivity index (χ0) is 19.7. The lowest BCUT2D eigenvalue weighted by molar-refractivity contribution is 0.100. The molecule has 3 rings (SSSR count). The van der Waals surface area contributed by atoms with Crippen LogP contribution in [0.5, 0.6) is 0 Å². The topological polar surface area (TPSA) is 103 Å². The number of benzene rings is 1. The quantitative estimate of drug-likeness (QED) is 0.472. The number of aryl methyl sites for hydroxylation is 1. The summed E-state index contributed by atoms with van der Waals surface area (Å²) in [7, 11) is 0. The monoisotopic (exact) mass is 559 g/mol. The number of rotatable bonds is 4. The molecule has 0 aliphatic carbocycles. The van der Waals surface area contributed by atoms with Gasteiger partial charge in [-0.25, -0.2) is 9.67 Å². The van der Waals surface area contributed by atoms with Gasteiger partial charge in [-0.3, -0.25) is 9.59 Å². The van der Waals surface area contributed by atoms with E-state index in [1.54, 1.807) is 31.3 Å². The fraction of sp³-hybridized carbons (Fsp3) is 0.0588. The summed E-state index contributed by atoms with van der Waals surface area (Å²) in [6.45, 7) is 1.78. The Kier molecular flexibility index (Phi) is 5.82. The van der Waals surface area contributed by atoms with E-state index in [1.807, 2.05) is 6.07 Å².